The van der Waals surface area contributed by atoms with Crippen LogP contribution in [0.25, 0.3) is 0 Å². The van der Waals surface area contributed by atoms with E-state index in [1.807, 2.05) is 18.2 Å². The molecule has 0 unspecified atom stereocenters. The van der Waals surface area contributed by atoms with E-state index in [2.05, 4.69) is 11.4 Å². The molecule has 19 heavy (non-hydrogen) atoms. The van der Waals surface area contributed by atoms with Crippen LogP contribution in [0, 0.1) is 5.92 Å². The van der Waals surface area contributed by atoms with Gasteiger partial charge in [0, 0.05) is 13.7 Å². The Hall–Kier alpha value is -1.06. The molecule has 106 valence electrons. The van der Waals surface area contributed by atoms with Crippen molar-refractivity contribution in [1.82, 2.24) is 5.32 Å². The number of hydrogen-bond acceptors (Lipinski definition) is 3. The molecule has 0 spiro atoms. The van der Waals surface area contributed by atoms with Gasteiger partial charge < -0.3 is 14.8 Å². The molecule has 0 heterocycles. The van der Waals surface area contributed by atoms with Crippen molar-refractivity contribution >= 4 is 0 Å². The molecule has 3 nitrogen and oxygen atoms in total. The Labute approximate surface area is 116 Å². The monoisotopic (exact) mass is 263 g/mol. The third-order valence-electron chi connectivity index (χ3n) is 3.66. The fourth-order valence-electron chi connectivity index (χ4n) is 2.65. The zero-order chi connectivity index (χ0) is 13.3. The summed E-state index contributed by atoms with van der Waals surface area (Å²) in [6.45, 7) is 3.43. The first-order chi connectivity index (χ1) is 9.38. The SMILES string of the molecule is COCc1cccc(OCCNCC2CCCC2)c1. The lowest BCUT2D eigenvalue weighted by Crippen LogP contribution is -2.26. The number of benzene rings is 1. The molecular weight excluding hydrogens is 238 g/mol. The molecule has 0 bridgehead atoms. The van der Waals surface area contributed by atoms with Crippen LogP contribution in [-0.2, 0) is 11.3 Å². The van der Waals surface area contributed by atoms with Crippen molar-refractivity contribution in [2.75, 3.05) is 26.8 Å². The highest BCUT2D eigenvalue weighted by Gasteiger charge is 2.13. The van der Waals surface area contributed by atoms with Crippen molar-refractivity contribution < 1.29 is 9.47 Å². The molecule has 0 atom stereocenters. The van der Waals surface area contributed by atoms with Crippen LogP contribution in [0.5, 0.6) is 5.75 Å². The van der Waals surface area contributed by atoms with Gasteiger partial charge in [-0.3, -0.25) is 0 Å². The van der Waals surface area contributed by atoms with Crippen LogP contribution < -0.4 is 10.1 Å². The van der Waals surface area contributed by atoms with Crippen LogP contribution in [0.4, 0.5) is 0 Å². The van der Waals surface area contributed by atoms with Crippen molar-refractivity contribution in [2.45, 2.75) is 32.3 Å². The third-order valence-corrected chi connectivity index (χ3v) is 3.66. The van der Waals surface area contributed by atoms with E-state index in [-0.39, 0.29) is 0 Å². The highest BCUT2D eigenvalue weighted by atomic mass is 16.5. The maximum Gasteiger partial charge on any atom is 0.119 e. The summed E-state index contributed by atoms with van der Waals surface area (Å²) in [4.78, 5) is 0. The summed E-state index contributed by atoms with van der Waals surface area (Å²) < 4.78 is 10.9. The third kappa shape index (κ3) is 5.21. The maximum atomic E-state index is 5.74. The summed E-state index contributed by atoms with van der Waals surface area (Å²) in [7, 11) is 1.71. The minimum Gasteiger partial charge on any atom is -0.492 e. The van der Waals surface area contributed by atoms with Gasteiger partial charge in [0.15, 0.2) is 0 Å². The number of ether oxygens (including phenoxy) is 2. The quantitative estimate of drug-likeness (QED) is 0.731. The zero-order valence-electron chi connectivity index (χ0n) is 11.9. The summed E-state index contributed by atoms with van der Waals surface area (Å²) >= 11 is 0. The molecule has 0 radical (unpaired) electrons. The van der Waals surface area contributed by atoms with Gasteiger partial charge in [0.25, 0.3) is 0 Å². The van der Waals surface area contributed by atoms with Crippen molar-refractivity contribution in [3.63, 3.8) is 0 Å². The van der Waals surface area contributed by atoms with E-state index in [1.165, 1.54) is 25.7 Å². The minimum atomic E-state index is 0.636. The summed E-state index contributed by atoms with van der Waals surface area (Å²) in [6.07, 6.45) is 5.62. The smallest absolute Gasteiger partial charge is 0.119 e. The Morgan fingerprint density at radius 3 is 2.89 bits per heavy atom. The topological polar surface area (TPSA) is 30.5 Å². The molecule has 3 heteroatoms. The largest absolute Gasteiger partial charge is 0.492 e. The minimum absolute atomic E-state index is 0.636. The Morgan fingerprint density at radius 1 is 1.26 bits per heavy atom. The molecule has 1 aromatic rings. The molecule has 0 aromatic heterocycles. The van der Waals surface area contributed by atoms with Gasteiger partial charge in [-0.25, -0.2) is 0 Å². The normalized spacial score (nSPS) is 15.8. The first kappa shape index (κ1) is 14.4. The maximum absolute atomic E-state index is 5.74. The number of rotatable bonds is 8. The second-order valence-corrected chi connectivity index (χ2v) is 5.28. The van der Waals surface area contributed by atoms with Gasteiger partial charge in [-0.15, -0.1) is 0 Å². The Kier molecular flexibility index (Phi) is 6.18. The highest BCUT2D eigenvalue weighted by molar-refractivity contribution is 5.28. The van der Waals surface area contributed by atoms with Crippen molar-refractivity contribution in [1.29, 1.82) is 0 Å². The van der Waals surface area contributed by atoms with E-state index < -0.39 is 0 Å². The van der Waals surface area contributed by atoms with E-state index in [9.17, 15) is 0 Å². The Morgan fingerprint density at radius 2 is 2.11 bits per heavy atom. The van der Waals surface area contributed by atoms with Crippen LogP contribution in [0.3, 0.4) is 0 Å². The average molecular weight is 263 g/mol. The molecule has 1 aliphatic rings. The molecule has 1 aliphatic carbocycles. The fraction of sp³-hybridized carbons (Fsp3) is 0.625. The van der Waals surface area contributed by atoms with Crippen LogP contribution in [0.15, 0.2) is 24.3 Å². The standard InChI is InChI=1S/C16H25NO2/c1-18-13-15-7-4-8-16(11-15)19-10-9-17-12-14-5-2-3-6-14/h4,7-8,11,14,17H,2-3,5-6,9-10,12-13H2,1H3. The summed E-state index contributed by atoms with van der Waals surface area (Å²) in [5.41, 5.74) is 1.15. The van der Waals surface area contributed by atoms with Crippen LogP contribution in [-0.4, -0.2) is 26.8 Å². The average Bonchev–Trinajstić information content (AvgIpc) is 2.92. The van der Waals surface area contributed by atoms with Gasteiger partial charge in [0.05, 0.1) is 6.61 Å². The second-order valence-electron chi connectivity index (χ2n) is 5.28. The van der Waals surface area contributed by atoms with E-state index in [1.54, 1.807) is 7.11 Å². The number of methoxy groups -OCH3 is 1. The molecule has 1 saturated carbocycles. The lowest BCUT2D eigenvalue weighted by atomic mass is 10.1. The van der Waals surface area contributed by atoms with Crippen LogP contribution >= 0.6 is 0 Å². The van der Waals surface area contributed by atoms with Crippen LogP contribution in [0.1, 0.15) is 31.2 Å². The number of nitrogens with one attached hydrogen (secondary N) is 1. The molecule has 0 saturated heterocycles. The highest BCUT2D eigenvalue weighted by Crippen LogP contribution is 2.23. The fourth-order valence-corrected chi connectivity index (χ4v) is 2.65. The summed E-state index contributed by atoms with van der Waals surface area (Å²) in [5, 5.41) is 3.49. The lowest BCUT2D eigenvalue weighted by Gasteiger charge is -2.11. The molecule has 1 N–H and O–H groups in total. The van der Waals surface area contributed by atoms with E-state index in [0.717, 1.165) is 36.9 Å². The predicted molar refractivity (Wildman–Crippen MR) is 77.5 cm³/mol. The van der Waals surface area contributed by atoms with E-state index >= 15 is 0 Å². The second kappa shape index (κ2) is 8.18. The Bertz CT molecular complexity index is 362. The number of hydrogen-bond donors (Lipinski definition) is 1. The van der Waals surface area contributed by atoms with Gasteiger partial charge in [0.2, 0.25) is 0 Å². The lowest BCUT2D eigenvalue weighted by molar-refractivity contribution is 0.184. The van der Waals surface area contributed by atoms with Gasteiger partial charge in [-0.05, 0) is 43.0 Å². The Balaban J connectivity index is 1.60. The van der Waals surface area contributed by atoms with Crippen molar-refractivity contribution in [3.05, 3.63) is 29.8 Å². The first-order valence-corrected chi connectivity index (χ1v) is 7.30. The molecule has 0 amide bonds. The predicted octanol–water partition coefficient (Wildman–Crippen LogP) is 2.99. The van der Waals surface area contributed by atoms with Crippen molar-refractivity contribution in [3.8, 4) is 5.75 Å². The zero-order valence-corrected chi connectivity index (χ0v) is 11.9. The van der Waals surface area contributed by atoms with Crippen molar-refractivity contribution in [2.24, 2.45) is 5.92 Å². The van der Waals surface area contributed by atoms with E-state index in [4.69, 9.17) is 9.47 Å². The summed E-state index contributed by atoms with van der Waals surface area (Å²) in [6, 6.07) is 8.10. The summed E-state index contributed by atoms with van der Waals surface area (Å²) in [5.74, 6) is 1.82. The molecule has 2 rings (SSSR count). The van der Waals surface area contributed by atoms with Gasteiger partial charge in [-0.2, -0.15) is 0 Å². The molecule has 1 aromatic carbocycles. The first-order valence-electron chi connectivity index (χ1n) is 7.30. The van der Waals surface area contributed by atoms with Gasteiger partial charge in [-0.1, -0.05) is 25.0 Å². The molecule has 0 aliphatic heterocycles. The van der Waals surface area contributed by atoms with E-state index in [0.29, 0.717) is 6.61 Å². The molecule has 1 fully saturated rings. The van der Waals surface area contributed by atoms with Gasteiger partial charge in [0.1, 0.15) is 12.4 Å². The van der Waals surface area contributed by atoms with Crippen LogP contribution in [0.2, 0.25) is 0 Å². The van der Waals surface area contributed by atoms with Gasteiger partial charge >= 0.3 is 0 Å². The molecular formula is C16H25NO2.